The first kappa shape index (κ1) is 16.2. The summed E-state index contributed by atoms with van der Waals surface area (Å²) in [6.45, 7) is 11.5. The molecular weight excluding hydrogens is 288 g/mol. The van der Waals surface area contributed by atoms with Gasteiger partial charge in [0, 0.05) is 0 Å². The van der Waals surface area contributed by atoms with Crippen LogP contribution in [0, 0.1) is 0 Å². The molecule has 0 aliphatic carbocycles. The monoisotopic (exact) mass is 313 g/mol. The largest absolute Gasteiger partial charge is 0.449 e. The summed E-state index contributed by atoms with van der Waals surface area (Å²) in [5, 5.41) is 2.84. The molecule has 0 fully saturated rings. The highest BCUT2D eigenvalue weighted by Gasteiger charge is 2.50. The molecule has 0 heterocycles. The van der Waals surface area contributed by atoms with Gasteiger partial charge in [-0.05, 0) is 28.5 Å². The minimum absolute atomic E-state index is 0.0949. The van der Waals surface area contributed by atoms with E-state index in [0.29, 0.717) is 0 Å². The molecule has 1 nitrogen and oxygen atoms in total. The van der Waals surface area contributed by atoms with Crippen molar-refractivity contribution in [3.05, 3.63) is 60.7 Å². The van der Waals surface area contributed by atoms with Crippen LogP contribution in [0.2, 0.25) is 18.1 Å². The van der Waals surface area contributed by atoms with E-state index in [4.69, 9.17) is 4.12 Å². The number of benzene rings is 2. The Morgan fingerprint density at radius 3 is 1.43 bits per heavy atom. The van der Waals surface area contributed by atoms with Crippen LogP contribution >= 0.6 is 0 Å². The average Bonchev–Trinajstić information content (AvgIpc) is 2.45. The molecule has 0 saturated heterocycles. The topological polar surface area (TPSA) is 9.23 Å². The molecule has 0 spiro atoms. The molecule has 2 rings (SSSR count). The lowest BCUT2D eigenvalue weighted by Gasteiger charge is -2.44. The van der Waals surface area contributed by atoms with Crippen molar-refractivity contribution >= 4 is 27.7 Å². The van der Waals surface area contributed by atoms with Crippen LogP contribution in [0.5, 0.6) is 0 Å². The van der Waals surface area contributed by atoms with E-state index in [1.807, 2.05) is 0 Å². The lowest BCUT2D eigenvalue weighted by Crippen LogP contribution is -2.67. The van der Waals surface area contributed by atoms with Gasteiger partial charge < -0.3 is 4.12 Å². The molecule has 0 bridgehead atoms. The molecule has 1 radical (unpaired) electrons. The van der Waals surface area contributed by atoms with E-state index < -0.39 is 17.4 Å². The van der Waals surface area contributed by atoms with Gasteiger partial charge in [-0.15, -0.1) is 0 Å². The molecular formula is C18H25OSi2. The maximum atomic E-state index is 6.82. The second-order valence-corrected chi connectivity index (χ2v) is 13.3. The van der Waals surface area contributed by atoms with Crippen LogP contribution in [0.15, 0.2) is 60.7 Å². The number of hydrogen-bond donors (Lipinski definition) is 0. The Morgan fingerprint density at radius 1 is 0.762 bits per heavy atom. The SMILES string of the molecule is C[Si](C)O[Si](c1ccccc1)(c1ccccc1)C(C)(C)C. The van der Waals surface area contributed by atoms with Gasteiger partial charge >= 0.3 is 0 Å². The van der Waals surface area contributed by atoms with Gasteiger partial charge in [-0.3, -0.25) is 0 Å². The Balaban J connectivity index is 2.72. The molecule has 0 amide bonds. The van der Waals surface area contributed by atoms with E-state index in [-0.39, 0.29) is 5.04 Å². The van der Waals surface area contributed by atoms with Crippen molar-refractivity contribution in [2.24, 2.45) is 0 Å². The summed E-state index contributed by atoms with van der Waals surface area (Å²) in [5.41, 5.74) is 0. The normalized spacial score (nSPS) is 12.7. The van der Waals surface area contributed by atoms with Gasteiger partial charge in [-0.2, -0.15) is 0 Å². The van der Waals surface area contributed by atoms with Crippen LogP contribution in [0.25, 0.3) is 0 Å². The van der Waals surface area contributed by atoms with E-state index in [1.165, 1.54) is 10.4 Å². The third-order valence-electron chi connectivity index (χ3n) is 3.77. The molecule has 111 valence electrons. The fraction of sp³-hybridized carbons (Fsp3) is 0.333. The van der Waals surface area contributed by atoms with Crippen molar-refractivity contribution in [3.63, 3.8) is 0 Å². The van der Waals surface area contributed by atoms with Gasteiger partial charge in [0.05, 0.1) is 0 Å². The Kier molecular flexibility index (Phi) is 4.86. The fourth-order valence-electron chi connectivity index (χ4n) is 2.96. The van der Waals surface area contributed by atoms with Crippen LogP contribution in [0.3, 0.4) is 0 Å². The number of hydrogen-bond acceptors (Lipinski definition) is 1. The summed E-state index contributed by atoms with van der Waals surface area (Å²) in [5.74, 6) is 0. The predicted molar refractivity (Wildman–Crippen MR) is 96.2 cm³/mol. The van der Waals surface area contributed by atoms with Crippen molar-refractivity contribution in [1.29, 1.82) is 0 Å². The van der Waals surface area contributed by atoms with Crippen LogP contribution in [0.4, 0.5) is 0 Å². The number of rotatable bonds is 4. The molecule has 0 aliphatic heterocycles. The van der Waals surface area contributed by atoms with E-state index in [9.17, 15) is 0 Å². The second-order valence-electron chi connectivity index (χ2n) is 6.67. The van der Waals surface area contributed by atoms with Gasteiger partial charge in [-0.25, -0.2) is 0 Å². The fourth-order valence-corrected chi connectivity index (χ4v) is 11.0. The van der Waals surface area contributed by atoms with E-state index in [1.54, 1.807) is 0 Å². The first-order valence-electron chi connectivity index (χ1n) is 7.48. The Morgan fingerprint density at radius 2 is 1.14 bits per heavy atom. The van der Waals surface area contributed by atoms with Crippen molar-refractivity contribution < 1.29 is 4.12 Å². The van der Waals surface area contributed by atoms with Crippen LogP contribution in [0.1, 0.15) is 20.8 Å². The summed E-state index contributed by atoms with van der Waals surface area (Å²) in [6.07, 6.45) is 0. The highest BCUT2D eigenvalue weighted by Crippen LogP contribution is 2.37. The first-order chi connectivity index (χ1) is 9.88. The van der Waals surface area contributed by atoms with Crippen molar-refractivity contribution in [2.45, 2.75) is 38.9 Å². The molecule has 0 atom stereocenters. The van der Waals surface area contributed by atoms with Crippen LogP contribution < -0.4 is 10.4 Å². The molecule has 0 aliphatic rings. The second kappa shape index (κ2) is 6.30. The Labute approximate surface area is 131 Å². The van der Waals surface area contributed by atoms with Crippen molar-refractivity contribution in [3.8, 4) is 0 Å². The molecule has 3 heteroatoms. The quantitative estimate of drug-likeness (QED) is 0.780. The molecule has 2 aromatic carbocycles. The lowest BCUT2D eigenvalue weighted by molar-refractivity contribution is 0.524. The van der Waals surface area contributed by atoms with Gasteiger partial charge in [-0.1, -0.05) is 81.4 Å². The van der Waals surface area contributed by atoms with Crippen LogP contribution in [-0.2, 0) is 4.12 Å². The van der Waals surface area contributed by atoms with Gasteiger partial charge in [0.2, 0.25) is 0 Å². The molecule has 0 N–H and O–H groups in total. The van der Waals surface area contributed by atoms with E-state index in [0.717, 1.165) is 0 Å². The average molecular weight is 314 g/mol. The van der Waals surface area contributed by atoms with Crippen molar-refractivity contribution in [2.75, 3.05) is 0 Å². The smallest absolute Gasteiger partial charge is 0.250 e. The zero-order chi connectivity index (χ0) is 15.5. The van der Waals surface area contributed by atoms with Crippen LogP contribution in [-0.4, -0.2) is 17.4 Å². The molecule has 0 aromatic heterocycles. The maximum Gasteiger partial charge on any atom is 0.250 e. The lowest BCUT2D eigenvalue weighted by atomic mass is 10.2. The minimum Gasteiger partial charge on any atom is -0.449 e. The molecule has 2 aromatic rings. The van der Waals surface area contributed by atoms with Gasteiger partial charge in [0.25, 0.3) is 8.32 Å². The molecule has 21 heavy (non-hydrogen) atoms. The highest BCUT2D eigenvalue weighted by molar-refractivity contribution is 7.02. The highest BCUT2D eigenvalue weighted by atomic mass is 28.4. The van der Waals surface area contributed by atoms with E-state index >= 15 is 0 Å². The molecule has 0 saturated carbocycles. The van der Waals surface area contributed by atoms with Gasteiger partial charge in [0.15, 0.2) is 9.04 Å². The van der Waals surface area contributed by atoms with Gasteiger partial charge in [0.1, 0.15) is 0 Å². The van der Waals surface area contributed by atoms with E-state index in [2.05, 4.69) is 94.5 Å². The third kappa shape index (κ3) is 3.20. The summed E-state index contributed by atoms with van der Waals surface area (Å²) < 4.78 is 6.82. The minimum atomic E-state index is -2.27. The summed E-state index contributed by atoms with van der Waals surface area (Å²) in [6, 6.07) is 21.7. The third-order valence-corrected chi connectivity index (χ3v) is 11.0. The maximum absolute atomic E-state index is 6.82. The Bertz CT molecular complexity index is 519. The van der Waals surface area contributed by atoms with Crippen molar-refractivity contribution in [1.82, 2.24) is 0 Å². The molecule has 0 unspecified atom stereocenters. The Hall–Kier alpha value is -1.17. The zero-order valence-corrected chi connectivity index (χ0v) is 15.7. The summed E-state index contributed by atoms with van der Waals surface area (Å²) in [7, 11) is -3.07. The summed E-state index contributed by atoms with van der Waals surface area (Å²) in [4.78, 5) is 0. The standard InChI is InChI=1S/C18H25OSi2/c1-18(2,3)21(19-20(4)5,16-12-8-6-9-13-16)17-14-10-7-11-15-17/h6-15H,1-5H3. The summed E-state index contributed by atoms with van der Waals surface area (Å²) >= 11 is 0. The first-order valence-corrected chi connectivity index (χ1v) is 11.8. The predicted octanol–water partition coefficient (Wildman–Crippen LogP) is 3.81. The zero-order valence-electron chi connectivity index (χ0n) is 13.7.